The zero-order chi connectivity index (χ0) is 22.0. The first-order chi connectivity index (χ1) is 13.3. The number of benzene rings is 1. The monoisotopic (exact) mass is 454 g/mol. The van der Waals surface area contributed by atoms with Crippen LogP contribution in [-0.2, 0) is 14.8 Å². The van der Waals surface area contributed by atoms with E-state index in [-0.39, 0.29) is 47.3 Å². The van der Waals surface area contributed by atoms with Gasteiger partial charge in [-0.3, -0.25) is 4.79 Å². The second-order valence-corrected chi connectivity index (χ2v) is 9.13. The maximum atomic E-state index is 13.1. The standard InChI is InChI=1S/C18H22ClF3N2O4S/c1-4-7-23(11-18(20,21)22)17(25)14-5-6-15(19)16(8-14)29(26,27)24-9-12(2)28-13(3)10-24/h4-6,8,12-13H,1,7,9-11H2,2-3H3. The van der Waals surface area contributed by atoms with Gasteiger partial charge in [0.05, 0.1) is 17.2 Å². The number of hydrogen-bond acceptors (Lipinski definition) is 4. The van der Waals surface area contributed by atoms with E-state index in [9.17, 15) is 26.4 Å². The van der Waals surface area contributed by atoms with Crippen LogP contribution in [0.5, 0.6) is 0 Å². The fourth-order valence-electron chi connectivity index (χ4n) is 3.07. The number of halogens is 4. The second kappa shape index (κ2) is 9.03. The summed E-state index contributed by atoms with van der Waals surface area (Å²) in [5.74, 6) is -0.973. The molecule has 0 bridgehead atoms. The molecule has 2 rings (SSSR count). The molecule has 0 spiro atoms. The van der Waals surface area contributed by atoms with Crippen molar-refractivity contribution < 1.29 is 31.1 Å². The van der Waals surface area contributed by atoms with E-state index in [1.807, 2.05) is 0 Å². The number of carbonyl (C=O) groups is 1. The van der Waals surface area contributed by atoms with E-state index in [0.29, 0.717) is 4.90 Å². The van der Waals surface area contributed by atoms with Crippen LogP contribution in [0, 0.1) is 0 Å². The summed E-state index contributed by atoms with van der Waals surface area (Å²) >= 11 is 6.07. The molecule has 29 heavy (non-hydrogen) atoms. The van der Waals surface area contributed by atoms with Crippen molar-refractivity contribution in [1.29, 1.82) is 0 Å². The van der Waals surface area contributed by atoms with Crippen molar-refractivity contribution in [3.05, 3.63) is 41.4 Å². The molecule has 2 unspecified atom stereocenters. The molecule has 2 atom stereocenters. The first-order valence-electron chi connectivity index (χ1n) is 8.77. The number of carbonyl (C=O) groups excluding carboxylic acids is 1. The highest BCUT2D eigenvalue weighted by Gasteiger charge is 2.35. The predicted octanol–water partition coefficient (Wildman–Crippen LogP) is 3.33. The van der Waals surface area contributed by atoms with E-state index < -0.39 is 28.7 Å². The van der Waals surface area contributed by atoms with Gasteiger partial charge in [0.15, 0.2) is 0 Å². The number of sulfonamides is 1. The average molecular weight is 455 g/mol. The molecule has 6 nitrogen and oxygen atoms in total. The van der Waals surface area contributed by atoms with E-state index >= 15 is 0 Å². The third kappa shape index (κ3) is 5.94. The molecular weight excluding hydrogens is 433 g/mol. The highest BCUT2D eigenvalue weighted by atomic mass is 35.5. The smallest absolute Gasteiger partial charge is 0.373 e. The summed E-state index contributed by atoms with van der Waals surface area (Å²) in [5, 5.41) is -0.126. The number of nitrogens with zero attached hydrogens (tertiary/aromatic N) is 2. The van der Waals surface area contributed by atoms with Crippen LogP contribution in [0.1, 0.15) is 24.2 Å². The summed E-state index contributed by atoms with van der Waals surface area (Å²) in [5.41, 5.74) is -0.214. The van der Waals surface area contributed by atoms with Crippen molar-refractivity contribution in [2.75, 3.05) is 26.2 Å². The molecule has 0 radical (unpaired) electrons. The number of alkyl halides is 3. The van der Waals surface area contributed by atoms with Gasteiger partial charge in [-0.2, -0.15) is 17.5 Å². The van der Waals surface area contributed by atoms with Gasteiger partial charge in [0.2, 0.25) is 10.0 Å². The summed E-state index contributed by atoms with van der Waals surface area (Å²) in [7, 11) is -4.08. The van der Waals surface area contributed by atoms with Crippen LogP contribution in [0.25, 0.3) is 0 Å². The van der Waals surface area contributed by atoms with Crippen LogP contribution in [-0.4, -0.2) is 68.1 Å². The molecule has 1 aromatic carbocycles. The summed E-state index contributed by atoms with van der Waals surface area (Å²) in [6, 6.07) is 3.40. The number of morpholine rings is 1. The first-order valence-corrected chi connectivity index (χ1v) is 10.6. The zero-order valence-corrected chi connectivity index (χ0v) is 17.5. The minimum absolute atomic E-state index is 0.0951. The minimum Gasteiger partial charge on any atom is -0.373 e. The van der Waals surface area contributed by atoms with Crippen LogP contribution in [0.2, 0.25) is 5.02 Å². The van der Waals surface area contributed by atoms with Crippen LogP contribution >= 0.6 is 11.6 Å². The molecule has 0 aliphatic carbocycles. The van der Waals surface area contributed by atoms with Crippen molar-refractivity contribution in [3.63, 3.8) is 0 Å². The number of rotatable bonds is 6. The van der Waals surface area contributed by atoms with E-state index in [1.54, 1.807) is 13.8 Å². The van der Waals surface area contributed by atoms with Crippen molar-refractivity contribution in [1.82, 2.24) is 9.21 Å². The van der Waals surface area contributed by atoms with E-state index in [0.717, 1.165) is 12.1 Å². The summed E-state index contributed by atoms with van der Waals surface area (Å²) in [6.07, 6.45) is -4.13. The van der Waals surface area contributed by atoms with Gasteiger partial charge in [-0.05, 0) is 32.0 Å². The number of ether oxygens (including phenoxy) is 1. The van der Waals surface area contributed by atoms with Gasteiger partial charge in [0.1, 0.15) is 11.4 Å². The molecule has 1 amide bonds. The molecule has 162 valence electrons. The Balaban J connectivity index is 2.40. The average Bonchev–Trinajstić information content (AvgIpc) is 2.59. The van der Waals surface area contributed by atoms with Crippen LogP contribution in [0.15, 0.2) is 35.7 Å². The molecule has 1 aromatic rings. The summed E-state index contributed by atoms with van der Waals surface area (Å²) in [4.78, 5) is 12.8. The lowest BCUT2D eigenvalue weighted by Crippen LogP contribution is -2.48. The van der Waals surface area contributed by atoms with Gasteiger partial charge in [-0.25, -0.2) is 8.42 Å². The molecule has 1 aliphatic rings. The number of hydrogen-bond donors (Lipinski definition) is 0. The Hall–Kier alpha value is -1.62. The summed E-state index contributed by atoms with van der Waals surface area (Å²) < 4.78 is 71.2. The Morgan fingerprint density at radius 2 is 1.93 bits per heavy atom. The highest BCUT2D eigenvalue weighted by molar-refractivity contribution is 7.89. The molecule has 11 heteroatoms. The maximum Gasteiger partial charge on any atom is 0.406 e. The normalized spacial score (nSPS) is 21.0. The van der Waals surface area contributed by atoms with Gasteiger partial charge in [-0.15, -0.1) is 6.58 Å². The third-order valence-electron chi connectivity index (χ3n) is 4.19. The fourth-order valence-corrected chi connectivity index (χ4v) is 5.17. The van der Waals surface area contributed by atoms with Gasteiger partial charge < -0.3 is 9.64 Å². The lowest BCUT2D eigenvalue weighted by atomic mass is 10.2. The molecule has 0 aromatic heterocycles. The Labute approximate surface area is 172 Å². The van der Waals surface area contributed by atoms with Crippen molar-refractivity contribution in [2.45, 2.75) is 37.1 Å². The Morgan fingerprint density at radius 3 is 2.45 bits per heavy atom. The quantitative estimate of drug-likeness (QED) is 0.618. The van der Waals surface area contributed by atoms with Crippen LogP contribution in [0.4, 0.5) is 13.2 Å². The molecule has 1 fully saturated rings. The first kappa shape index (κ1) is 23.7. The van der Waals surface area contributed by atoms with Crippen molar-refractivity contribution in [2.24, 2.45) is 0 Å². The van der Waals surface area contributed by atoms with Gasteiger partial charge in [0.25, 0.3) is 5.91 Å². The van der Waals surface area contributed by atoms with Crippen LogP contribution in [0.3, 0.4) is 0 Å². The third-order valence-corrected chi connectivity index (χ3v) is 6.50. The van der Waals surface area contributed by atoms with Crippen molar-refractivity contribution in [3.8, 4) is 0 Å². The minimum atomic E-state index is -4.61. The summed E-state index contributed by atoms with van der Waals surface area (Å²) in [6.45, 7) is 5.17. The Kier molecular flexibility index (Phi) is 7.37. The van der Waals surface area contributed by atoms with Crippen molar-refractivity contribution >= 4 is 27.5 Å². The lowest BCUT2D eigenvalue weighted by molar-refractivity contribution is -0.139. The molecule has 1 heterocycles. The van der Waals surface area contributed by atoms with Gasteiger partial charge in [-0.1, -0.05) is 17.7 Å². The van der Waals surface area contributed by atoms with E-state index in [1.165, 1.54) is 16.4 Å². The largest absolute Gasteiger partial charge is 0.406 e. The molecule has 1 aliphatic heterocycles. The Bertz CT molecular complexity index is 866. The topological polar surface area (TPSA) is 66.9 Å². The fraction of sp³-hybridized carbons (Fsp3) is 0.500. The second-order valence-electron chi connectivity index (χ2n) is 6.81. The van der Waals surface area contributed by atoms with E-state index in [2.05, 4.69) is 6.58 Å². The maximum absolute atomic E-state index is 13.1. The lowest BCUT2D eigenvalue weighted by Gasteiger charge is -2.34. The SMILES string of the molecule is C=CCN(CC(F)(F)F)C(=O)c1ccc(Cl)c(S(=O)(=O)N2CC(C)OC(C)C2)c1. The van der Waals surface area contributed by atoms with Gasteiger partial charge >= 0.3 is 6.18 Å². The Morgan fingerprint density at radius 1 is 1.34 bits per heavy atom. The predicted molar refractivity (Wildman–Crippen MR) is 102 cm³/mol. The van der Waals surface area contributed by atoms with Gasteiger partial charge in [0, 0.05) is 25.2 Å². The van der Waals surface area contributed by atoms with E-state index in [4.69, 9.17) is 16.3 Å². The molecule has 1 saturated heterocycles. The molecule has 0 N–H and O–H groups in total. The molecular formula is C18H22ClF3N2O4S. The highest BCUT2D eigenvalue weighted by Crippen LogP contribution is 2.29. The number of amides is 1. The zero-order valence-electron chi connectivity index (χ0n) is 15.9. The van der Waals surface area contributed by atoms with Crippen LogP contribution < -0.4 is 0 Å². The molecule has 0 saturated carbocycles.